The first-order valence-electron chi connectivity index (χ1n) is 8.36. The van der Waals surface area contributed by atoms with Gasteiger partial charge in [0.25, 0.3) is 0 Å². The van der Waals surface area contributed by atoms with Crippen LogP contribution in [0.5, 0.6) is 0 Å². The van der Waals surface area contributed by atoms with Gasteiger partial charge in [-0.25, -0.2) is 15.0 Å². The zero-order chi connectivity index (χ0) is 19.9. The van der Waals surface area contributed by atoms with E-state index >= 15 is 0 Å². The van der Waals surface area contributed by atoms with Crippen molar-refractivity contribution in [2.24, 2.45) is 0 Å². The van der Waals surface area contributed by atoms with Crippen molar-refractivity contribution in [3.8, 4) is 0 Å². The summed E-state index contributed by atoms with van der Waals surface area (Å²) in [6.45, 7) is -0.531. The van der Waals surface area contributed by atoms with E-state index in [4.69, 9.17) is 15.0 Å². The van der Waals surface area contributed by atoms with Crippen molar-refractivity contribution in [3.05, 3.63) is 43.0 Å². The van der Waals surface area contributed by atoms with Crippen molar-refractivity contribution < 1.29 is 28.9 Å². The largest absolute Gasteiger partial charge is 0.394 e. The van der Waals surface area contributed by atoms with Gasteiger partial charge in [-0.1, -0.05) is 18.2 Å². The van der Waals surface area contributed by atoms with E-state index in [1.165, 1.54) is 29.4 Å². The second kappa shape index (κ2) is 7.21. The lowest BCUT2D eigenvalue weighted by Crippen LogP contribution is -2.36. The summed E-state index contributed by atoms with van der Waals surface area (Å²) in [4.78, 5) is 22.4. The fourth-order valence-electron chi connectivity index (χ4n) is 3.12. The van der Waals surface area contributed by atoms with Crippen LogP contribution < -0.4 is 11.0 Å². The lowest BCUT2D eigenvalue weighted by Gasteiger charge is -2.23. The van der Waals surface area contributed by atoms with Crippen molar-refractivity contribution in [1.82, 2.24) is 19.5 Å². The molecule has 28 heavy (non-hydrogen) atoms. The molecule has 1 aliphatic rings. The number of hydrogen-bond acceptors (Lipinski definition) is 9. The van der Waals surface area contributed by atoms with Gasteiger partial charge < -0.3 is 25.6 Å². The number of benzene rings is 1. The first kappa shape index (κ1) is 18.9. The molecule has 0 saturated carbocycles. The number of fused-ring (bicyclic) bond motifs is 1. The summed E-state index contributed by atoms with van der Waals surface area (Å²) in [6.07, 6.45) is -2.14. The third-order valence-electron chi connectivity index (χ3n) is 4.50. The summed E-state index contributed by atoms with van der Waals surface area (Å²) in [5.74, 6) is 0.159. The quantitative estimate of drug-likeness (QED) is 0.407. The lowest BCUT2D eigenvalue weighted by molar-refractivity contribution is -0.0505. The summed E-state index contributed by atoms with van der Waals surface area (Å²) in [5, 5.41) is 20.4. The van der Waals surface area contributed by atoms with E-state index < -0.39 is 38.7 Å². The van der Waals surface area contributed by atoms with Crippen LogP contribution >= 0.6 is 7.60 Å². The second-order valence-corrected chi connectivity index (χ2v) is 8.02. The normalized spacial score (nSPS) is 27.1. The van der Waals surface area contributed by atoms with E-state index in [1.54, 1.807) is 18.2 Å². The van der Waals surface area contributed by atoms with Crippen LogP contribution in [-0.2, 0) is 13.8 Å². The summed E-state index contributed by atoms with van der Waals surface area (Å²) < 4.78 is 25.1. The highest BCUT2D eigenvalue weighted by molar-refractivity contribution is 7.61. The molecule has 0 spiro atoms. The molecule has 4 rings (SSSR count). The number of ether oxygens (including phenoxy) is 1. The molecule has 0 radical (unpaired) electrons. The van der Waals surface area contributed by atoms with E-state index in [-0.39, 0.29) is 11.1 Å². The Labute approximate surface area is 158 Å². The van der Waals surface area contributed by atoms with Gasteiger partial charge in [0.05, 0.1) is 18.2 Å². The fraction of sp³-hybridized carbons (Fsp3) is 0.312. The molecule has 1 saturated heterocycles. The van der Waals surface area contributed by atoms with E-state index in [2.05, 4.69) is 15.0 Å². The van der Waals surface area contributed by atoms with Crippen LogP contribution in [0, 0.1) is 0 Å². The molecule has 1 fully saturated rings. The summed E-state index contributed by atoms with van der Waals surface area (Å²) in [7, 11) is -4.26. The fourth-order valence-corrected chi connectivity index (χ4v) is 4.39. The smallest absolute Gasteiger partial charge is 0.359 e. The first-order valence-corrected chi connectivity index (χ1v) is 9.94. The number of nitrogen functional groups attached to an aromatic ring is 1. The molecule has 5 atom stereocenters. The Morgan fingerprint density at radius 3 is 2.71 bits per heavy atom. The van der Waals surface area contributed by atoms with E-state index in [9.17, 15) is 19.7 Å². The standard InChI is InChI=1S/C16H18N5O6P/c17-14-11-15(19-7-18-14)21(8-20-11)16-12(23)13(10(6-22)26-16)27-28(24,25)9-4-2-1-3-5-9/h1-5,7-8,10,12-13,16,22-23H,6H2,(H,24,25)(H2,17,18,19)/t10-,12-,13-,16-/m1/s1. The first-order chi connectivity index (χ1) is 13.4. The Morgan fingerprint density at radius 2 is 2.00 bits per heavy atom. The summed E-state index contributed by atoms with van der Waals surface area (Å²) in [5.41, 5.74) is 6.40. The average Bonchev–Trinajstić information content (AvgIpc) is 3.25. The minimum Gasteiger partial charge on any atom is -0.394 e. The average molecular weight is 407 g/mol. The van der Waals surface area contributed by atoms with Gasteiger partial charge in [0.2, 0.25) is 0 Å². The Kier molecular flexibility index (Phi) is 4.88. The van der Waals surface area contributed by atoms with Gasteiger partial charge in [-0.15, -0.1) is 0 Å². The van der Waals surface area contributed by atoms with Crippen molar-refractivity contribution in [2.75, 3.05) is 12.3 Å². The topological polar surface area (TPSA) is 166 Å². The third kappa shape index (κ3) is 3.18. The Bertz CT molecular complexity index is 1030. The summed E-state index contributed by atoms with van der Waals surface area (Å²) >= 11 is 0. The zero-order valence-corrected chi connectivity index (χ0v) is 15.3. The van der Waals surface area contributed by atoms with Crippen LogP contribution in [0.3, 0.4) is 0 Å². The van der Waals surface area contributed by atoms with Crippen LogP contribution in [0.4, 0.5) is 5.82 Å². The van der Waals surface area contributed by atoms with Gasteiger partial charge >= 0.3 is 7.60 Å². The highest BCUT2D eigenvalue weighted by Crippen LogP contribution is 2.46. The number of nitrogens with zero attached hydrogens (tertiary/aromatic N) is 4. The third-order valence-corrected chi connectivity index (χ3v) is 5.98. The second-order valence-electron chi connectivity index (χ2n) is 6.25. The summed E-state index contributed by atoms with van der Waals surface area (Å²) in [6, 6.07) is 7.77. The SMILES string of the molecule is Nc1ncnc2c1ncn2[C@@H]1O[C@H](CO)[C@@H](OP(=O)(O)c2ccccc2)[C@H]1O. The molecule has 12 heteroatoms. The van der Waals surface area contributed by atoms with E-state index in [0.29, 0.717) is 11.2 Å². The van der Waals surface area contributed by atoms with Gasteiger partial charge in [-0.05, 0) is 12.1 Å². The van der Waals surface area contributed by atoms with Crippen molar-refractivity contribution in [2.45, 2.75) is 24.5 Å². The van der Waals surface area contributed by atoms with Crippen LogP contribution in [-0.4, -0.2) is 59.5 Å². The molecule has 0 bridgehead atoms. The molecule has 0 aliphatic carbocycles. The zero-order valence-electron chi connectivity index (χ0n) is 14.4. The number of nitrogens with two attached hydrogens (primary N) is 1. The Hall–Kier alpha value is -2.40. The van der Waals surface area contributed by atoms with Crippen LogP contribution in [0.15, 0.2) is 43.0 Å². The lowest BCUT2D eigenvalue weighted by atomic mass is 10.1. The molecule has 11 nitrogen and oxygen atoms in total. The maximum Gasteiger partial charge on any atom is 0.359 e. The Morgan fingerprint density at radius 1 is 1.25 bits per heavy atom. The Balaban J connectivity index is 1.65. The van der Waals surface area contributed by atoms with Crippen molar-refractivity contribution in [1.29, 1.82) is 0 Å². The number of aliphatic hydroxyl groups is 2. The maximum absolute atomic E-state index is 12.7. The molecule has 3 heterocycles. The van der Waals surface area contributed by atoms with Gasteiger partial charge in [-0.2, -0.15) is 0 Å². The van der Waals surface area contributed by atoms with Crippen LogP contribution in [0.2, 0.25) is 0 Å². The van der Waals surface area contributed by atoms with Crippen LogP contribution in [0.1, 0.15) is 6.23 Å². The minimum atomic E-state index is -4.26. The van der Waals surface area contributed by atoms with E-state index in [0.717, 1.165) is 0 Å². The van der Waals surface area contributed by atoms with Gasteiger partial charge in [0.15, 0.2) is 17.7 Å². The van der Waals surface area contributed by atoms with E-state index in [1.807, 2.05) is 0 Å². The molecular weight excluding hydrogens is 389 g/mol. The highest BCUT2D eigenvalue weighted by atomic mass is 31.2. The predicted octanol–water partition coefficient (Wildman–Crippen LogP) is -0.445. The number of anilines is 1. The molecule has 3 aromatic rings. The molecule has 1 aliphatic heterocycles. The molecular formula is C16H18N5O6P. The molecule has 5 N–H and O–H groups in total. The predicted molar refractivity (Wildman–Crippen MR) is 97.5 cm³/mol. The van der Waals surface area contributed by atoms with Crippen LogP contribution in [0.25, 0.3) is 11.2 Å². The number of imidazole rings is 1. The molecule has 148 valence electrons. The number of rotatable bonds is 5. The molecule has 2 aromatic heterocycles. The van der Waals surface area contributed by atoms with Crippen molar-refractivity contribution >= 4 is 29.9 Å². The number of aromatic nitrogens is 4. The number of hydrogen-bond donors (Lipinski definition) is 4. The number of aliphatic hydroxyl groups excluding tert-OH is 2. The van der Waals surface area contributed by atoms with Gasteiger partial charge in [-0.3, -0.25) is 13.7 Å². The molecule has 0 amide bonds. The van der Waals surface area contributed by atoms with Crippen molar-refractivity contribution in [3.63, 3.8) is 0 Å². The molecule has 1 unspecified atom stereocenters. The van der Waals surface area contributed by atoms with Gasteiger partial charge in [0, 0.05) is 0 Å². The highest BCUT2D eigenvalue weighted by Gasteiger charge is 2.48. The maximum atomic E-state index is 12.7. The van der Waals surface area contributed by atoms with Gasteiger partial charge in [0.1, 0.15) is 30.2 Å². The molecule has 1 aromatic carbocycles. The minimum absolute atomic E-state index is 0.0657. The monoisotopic (exact) mass is 407 g/mol.